The highest BCUT2D eigenvalue weighted by atomic mass is 32.1. The molecule has 0 aliphatic heterocycles. The number of hydrogen-bond acceptors (Lipinski definition) is 4. The van der Waals surface area contributed by atoms with E-state index in [1.165, 1.54) is 30.3 Å². The first kappa shape index (κ1) is 18.8. The SMILES string of the molecule is O=C(c1cc2ccccc2s1)N(Cc1ccccc1[N+](=O)[O-])CC(F)(F)F. The normalized spacial score (nSPS) is 11.5. The molecule has 0 unspecified atom stereocenters. The van der Waals surface area contributed by atoms with E-state index in [0.29, 0.717) is 4.90 Å². The predicted molar refractivity (Wildman–Crippen MR) is 95.7 cm³/mol. The zero-order valence-electron chi connectivity index (χ0n) is 13.8. The molecule has 3 rings (SSSR count). The van der Waals surface area contributed by atoms with Gasteiger partial charge in [0.25, 0.3) is 11.6 Å². The molecule has 0 spiro atoms. The summed E-state index contributed by atoms with van der Waals surface area (Å²) in [6.07, 6.45) is -4.63. The number of fused-ring (bicyclic) bond motifs is 1. The van der Waals surface area contributed by atoms with E-state index in [9.17, 15) is 28.1 Å². The van der Waals surface area contributed by atoms with Crippen LogP contribution in [0, 0.1) is 10.1 Å². The second kappa shape index (κ2) is 7.36. The van der Waals surface area contributed by atoms with Crippen molar-refractivity contribution in [3.63, 3.8) is 0 Å². The van der Waals surface area contributed by atoms with Crippen molar-refractivity contribution in [3.05, 3.63) is 75.2 Å². The molecular weight excluding hydrogens is 381 g/mol. The Morgan fingerprint density at radius 1 is 1.11 bits per heavy atom. The van der Waals surface area contributed by atoms with Gasteiger partial charge in [0, 0.05) is 16.3 Å². The quantitative estimate of drug-likeness (QED) is 0.451. The maximum absolute atomic E-state index is 13.0. The van der Waals surface area contributed by atoms with Gasteiger partial charge in [-0.2, -0.15) is 13.2 Å². The largest absolute Gasteiger partial charge is 0.406 e. The molecular formula is C18H13F3N2O3S. The van der Waals surface area contributed by atoms with E-state index in [4.69, 9.17) is 0 Å². The maximum atomic E-state index is 13.0. The Labute approximate surface area is 155 Å². The first-order valence-corrected chi connectivity index (χ1v) is 8.63. The third-order valence-electron chi connectivity index (χ3n) is 3.84. The summed E-state index contributed by atoms with van der Waals surface area (Å²) < 4.78 is 39.8. The van der Waals surface area contributed by atoms with Crippen LogP contribution in [0.15, 0.2) is 54.6 Å². The number of benzene rings is 2. The standard InChI is InChI=1S/C18H13F3N2O3S/c19-18(20,21)11-22(10-13-6-1-3-7-14(13)23(25)26)17(24)16-9-12-5-2-4-8-15(12)27-16/h1-9H,10-11H2. The number of thiophene rings is 1. The topological polar surface area (TPSA) is 63.5 Å². The molecule has 0 saturated carbocycles. The van der Waals surface area contributed by atoms with Crippen molar-refractivity contribution in [3.8, 4) is 0 Å². The summed E-state index contributed by atoms with van der Waals surface area (Å²) in [6.45, 7) is -2.00. The Bertz CT molecular complexity index is 968. The first-order valence-electron chi connectivity index (χ1n) is 7.81. The third-order valence-corrected chi connectivity index (χ3v) is 4.95. The van der Waals surface area contributed by atoms with Crippen LogP contribution in [0.4, 0.5) is 18.9 Å². The molecule has 0 N–H and O–H groups in total. The molecule has 2 aromatic carbocycles. The molecule has 1 heterocycles. The average Bonchev–Trinajstić information content (AvgIpc) is 3.03. The van der Waals surface area contributed by atoms with E-state index in [0.717, 1.165) is 21.4 Å². The van der Waals surface area contributed by atoms with Gasteiger partial charge in [0.2, 0.25) is 0 Å². The Balaban J connectivity index is 1.96. The van der Waals surface area contributed by atoms with Gasteiger partial charge >= 0.3 is 6.18 Å². The minimum absolute atomic E-state index is 0.0428. The molecule has 0 fully saturated rings. The number of rotatable bonds is 5. The van der Waals surface area contributed by atoms with Crippen LogP contribution in [-0.4, -0.2) is 28.5 Å². The average molecular weight is 394 g/mol. The van der Waals surface area contributed by atoms with Crippen LogP contribution in [0.3, 0.4) is 0 Å². The van der Waals surface area contributed by atoms with Crippen molar-refractivity contribution >= 4 is 33.0 Å². The number of nitro benzene ring substituents is 1. The van der Waals surface area contributed by atoms with Crippen molar-refractivity contribution in [2.24, 2.45) is 0 Å². The number of carbonyl (C=O) groups is 1. The van der Waals surface area contributed by atoms with E-state index >= 15 is 0 Å². The van der Waals surface area contributed by atoms with E-state index in [-0.39, 0.29) is 16.1 Å². The summed E-state index contributed by atoms with van der Waals surface area (Å²) in [7, 11) is 0. The fraction of sp³-hybridized carbons (Fsp3) is 0.167. The molecule has 3 aromatic rings. The number of nitro groups is 1. The molecule has 5 nitrogen and oxygen atoms in total. The van der Waals surface area contributed by atoms with Crippen LogP contribution < -0.4 is 0 Å². The number of nitrogens with zero attached hydrogens (tertiary/aromatic N) is 2. The van der Waals surface area contributed by atoms with Gasteiger partial charge in [-0.25, -0.2) is 0 Å². The minimum Gasteiger partial charge on any atom is -0.324 e. The highest BCUT2D eigenvalue weighted by Gasteiger charge is 2.34. The number of amides is 1. The number of halogens is 3. The molecule has 9 heteroatoms. The van der Waals surface area contributed by atoms with Crippen LogP contribution in [0.25, 0.3) is 10.1 Å². The Morgan fingerprint density at radius 3 is 2.44 bits per heavy atom. The van der Waals surface area contributed by atoms with Crippen LogP contribution in [-0.2, 0) is 6.54 Å². The van der Waals surface area contributed by atoms with Gasteiger partial charge in [0.05, 0.1) is 16.3 Å². The zero-order valence-corrected chi connectivity index (χ0v) is 14.6. The Morgan fingerprint density at radius 2 is 1.78 bits per heavy atom. The molecule has 1 amide bonds. The summed E-state index contributed by atoms with van der Waals surface area (Å²) in [5.74, 6) is -0.813. The number of carbonyl (C=O) groups excluding carboxylic acids is 1. The van der Waals surface area contributed by atoms with Gasteiger partial charge in [-0.1, -0.05) is 36.4 Å². The minimum atomic E-state index is -4.63. The lowest BCUT2D eigenvalue weighted by molar-refractivity contribution is -0.385. The number of alkyl halides is 3. The number of hydrogen-bond donors (Lipinski definition) is 0. The van der Waals surface area contributed by atoms with Gasteiger partial charge in [0.1, 0.15) is 6.54 Å². The van der Waals surface area contributed by atoms with Gasteiger partial charge in [-0.3, -0.25) is 14.9 Å². The molecule has 27 heavy (non-hydrogen) atoms. The second-order valence-electron chi connectivity index (χ2n) is 5.81. The van der Waals surface area contributed by atoms with Crippen molar-refractivity contribution in [1.82, 2.24) is 4.90 Å². The lowest BCUT2D eigenvalue weighted by Gasteiger charge is -2.23. The highest BCUT2D eigenvalue weighted by molar-refractivity contribution is 7.20. The summed E-state index contributed by atoms with van der Waals surface area (Å²) in [6, 6.07) is 14.1. The van der Waals surface area contributed by atoms with Gasteiger partial charge in [-0.15, -0.1) is 11.3 Å². The van der Waals surface area contributed by atoms with Gasteiger partial charge in [0.15, 0.2) is 0 Å². The zero-order chi connectivity index (χ0) is 19.6. The molecule has 0 atom stereocenters. The van der Waals surface area contributed by atoms with E-state index in [1.54, 1.807) is 24.3 Å². The fourth-order valence-electron chi connectivity index (χ4n) is 2.69. The van der Waals surface area contributed by atoms with Crippen LogP contribution >= 0.6 is 11.3 Å². The predicted octanol–water partition coefficient (Wildman–Crippen LogP) is 5.01. The molecule has 0 saturated heterocycles. The molecule has 0 radical (unpaired) electrons. The van der Waals surface area contributed by atoms with E-state index in [1.807, 2.05) is 0 Å². The molecule has 140 valence electrons. The van der Waals surface area contributed by atoms with E-state index in [2.05, 4.69) is 0 Å². The molecule has 0 aliphatic rings. The number of para-hydroxylation sites is 1. The van der Waals surface area contributed by atoms with E-state index < -0.39 is 30.1 Å². The summed E-state index contributed by atoms with van der Waals surface area (Å²) in [5.41, 5.74) is -0.282. The summed E-state index contributed by atoms with van der Waals surface area (Å²) >= 11 is 1.09. The van der Waals surface area contributed by atoms with Crippen LogP contribution in [0.1, 0.15) is 15.2 Å². The first-order chi connectivity index (χ1) is 12.7. The Kier molecular flexibility index (Phi) is 5.13. The summed E-state index contributed by atoms with van der Waals surface area (Å²) in [4.78, 5) is 23.9. The maximum Gasteiger partial charge on any atom is 0.406 e. The van der Waals surface area contributed by atoms with Gasteiger partial charge < -0.3 is 4.90 Å². The monoisotopic (exact) mass is 394 g/mol. The van der Waals surface area contributed by atoms with Gasteiger partial charge in [-0.05, 0) is 17.5 Å². The fourth-order valence-corrected chi connectivity index (χ4v) is 3.72. The molecule has 0 bridgehead atoms. The van der Waals surface area contributed by atoms with Crippen molar-refractivity contribution < 1.29 is 22.9 Å². The van der Waals surface area contributed by atoms with Crippen LogP contribution in [0.5, 0.6) is 0 Å². The van der Waals surface area contributed by atoms with Crippen LogP contribution in [0.2, 0.25) is 0 Å². The molecule has 0 aliphatic carbocycles. The third kappa shape index (κ3) is 4.43. The van der Waals surface area contributed by atoms with Crippen molar-refractivity contribution in [2.75, 3.05) is 6.54 Å². The Hall–Kier alpha value is -2.94. The summed E-state index contributed by atoms with van der Waals surface area (Å²) in [5, 5.41) is 11.9. The highest BCUT2D eigenvalue weighted by Crippen LogP contribution is 2.29. The molecule has 1 aromatic heterocycles. The second-order valence-corrected chi connectivity index (χ2v) is 6.89. The van der Waals surface area contributed by atoms with Crippen molar-refractivity contribution in [1.29, 1.82) is 0 Å². The lowest BCUT2D eigenvalue weighted by Crippen LogP contribution is -2.38. The lowest BCUT2D eigenvalue weighted by atomic mass is 10.1. The smallest absolute Gasteiger partial charge is 0.324 e. The van der Waals surface area contributed by atoms with Crippen molar-refractivity contribution in [2.45, 2.75) is 12.7 Å².